The van der Waals surface area contributed by atoms with E-state index in [0.29, 0.717) is 23.9 Å². The molecule has 0 fully saturated rings. The second kappa shape index (κ2) is 9.05. The largest absolute Gasteiger partial charge is 0.493 e. The highest BCUT2D eigenvalue weighted by atomic mass is 16.5. The van der Waals surface area contributed by atoms with Crippen LogP contribution in [0, 0.1) is 13.8 Å². The first-order chi connectivity index (χ1) is 14.0. The number of nitrogens with zero attached hydrogens (tertiary/aromatic N) is 2. The van der Waals surface area contributed by atoms with Crippen LogP contribution in [0.4, 0.5) is 11.5 Å². The van der Waals surface area contributed by atoms with Crippen molar-refractivity contribution >= 4 is 17.4 Å². The highest BCUT2D eigenvalue weighted by Crippen LogP contribution is 2.27. The van der Waals surface area contributed by atoms with Gasteiger partial charge in [0.15, 0.2) is 11.5 Å². The fourth-order valence-electron chi connectivity index (χ4n) is 2.84. The lowest BCUT2D eigenvalue weighted by molar-refractivity contribution is 0.0945. The zero-order valence-electron chi connectivity index (χ0n) is 16.9. The number of aryl methyl sites for hydroxylation is 1. The molecular formula is C22H24N4O3. The third kappa shape index (κ3) is 4.82. The fourth-order valence-corrected chi connectivity index (χ4v) is 2.84. The summed E-state index contributed by atoms with van der Waals surface area (Å²) < 4.78 is 10.5. The molecule has 29 heavy (non-hydrogen) atoms. The molecule has 3 rings (SSSR count). The molecule has 0 radical (unpaired) electrons. The minimum absolute atomic E-state index is 0.285. The van der Waals surface area contributed by atoms with E-state index in [1.165, 1.54) is 11.9 Å². The van der Waals surface area contributed by atoms with Crippen molar-refractivity contribution in [1.29, 1.82) is 0 Å². The van der Waals surface area contributed by atoms with E-state index in [2.05, 4.69) is 20.6 Å². The van der Waals surface area contributed by atoms with Crippen LogP contribution in [0.3, 0.4) is 0 Å². The standard InChI is InChI=1S/C22H24N4O3/c1-14-6-5-7-17(15(14)2)26-21-11-18(24-13-25-21)22(27)23-12-16-8-9-19(28-3)20(10-16)29-4/h5-11,13H,12H2,1-4H3,(H,23,27)(H,24,25,26). The van der Waals surface area contributed by atoms with Crippen molar-refractivity contribution < 1.29 is 14.3 Å². The molecule has 3 aromatic rings. The average Bonchev–Trinajstić information content (AvgIpc) is 2.75. The lowest BCUT2D eigenvalue weighted by Crippen LogP contribution is -2.24. The van der Waals surface area contributed by atoms with Gasteiger partial charge in [-0.15, -0.1) is 0 Å². The van der Waals surface area contributed by atoms with E-state index in [0.717, 1.165) is 16.8 Å². The smallest absolute Gasteiger partial charge is 0.270 e. The van der Waals surface area contributed by atoms with Gasteiger partial charge in [-0.05, 0) is 48.7 Å². The first-order valence-electron chi connectivity index (χ1n) is 9.16. The van der Waals surface area contributed by atoms with Crippen LogP contribution in [-0.2, 0) is 6.54 Å². The summed E-state index contributed by atoms with van der Waals surface area (Å²) >= 11 is 0. The maximum Gasteiger partial charge on any atom is 0.270 e. The summed E-state index contributed by atoms with van der Waals surface area (Å²) in [4.78, 5) is 20.8. The Bertz CT molecular complexity index is 1020. The van der Waals surface area contributed by atoms with Crippen LogP contribution in [0.15, 0.2) is 48.8 Å². The fraction of sp³-hybridized carbons (Fsp3) is 0.227. The van der Waals surface area contributed by atoms with Gasteiger partial charge in [0, 0.05) is 18.3 Å². The molecule has 2 N–H and O–H groups in total. The lowest BCUT2D eigenvalue weighted by atomic mass is 10.1. The van der Waals surface area contributed by atoms with Gasteiger partial charge in [0.25, 0.3) is 5.91 Å². The normalized spacial score (nSPS) is 10.3. The molecule has 0 unspecified atom stereocenters. The second-order valence-corrected chi connectivity index (χ2v) is 6.53. The van der Waals surface area contributed by atoms with Crippen molar-refractivity contribution in [1.82, 2.24) is 15.3 Å². The van der Waals surface area contributed by atoms with Crippen LogP contribution in [-0.4, -0.2) is 30.1 Å². The third-order valence-electron chi connectivity index (χ3n) is 4.67. The van der Waals surface area contributed by atoms with Gasteiger partial charge >= 0.3 is 0 Å². The van der Waals surface area contributed by atoms with Crippen molar-refractivity contribution in [2.75, 3.05) is 19.5 Å². The third-order valence-corrected chi connectivity index (χ3v) is 4.67. The molecule has 0 saturated carbocycles. The Morgan fingerprint density at radius 1 is 1.00 bits per heavy atom. The maximum absolute atomic E-state index is 12.5. The molecule has 0 aliphatic heterocycles. The number of aromatic nitrogens is 2. The zero-order valence-corrected chi connectivity index (χ0v) is 16.9. The molecule has 0 aliphatic rings. The first kappa shape index (κ1) is 20.1. The summed E-state index contributed by atoms with van der Waals surface area (Å²) in [6, 6.07) is 13.1. The monoisotopic (exact) mass is 392 g/mol. The van der Waals surface area contributed by atoms with Crippen molar-refractivity contribution in [2.45, 2.75) is 20.4 Å². The predicted molar refractivity (Wildman–Crippen MR) is 112 cm³/mol. The number of hydrogen-bond donors (Lipinski definition) is 2. The van der Waals surface area contributed by atoms with Gasteiger partial charge in [-0.25, -0.2) is 9.97 Å². The van der Waals surface area contributed by atoms with Gasteiger partial charge in [-0.3, -0.25) is 4.79 Å². The topological polar surface area (TPSA) is 85.4 Å². The molecule has 7 nitrogen and oxygen atoms in total. The van der Waals surface area contributed by atoms with Crippen LogP contribution in [0.2, 0.25) is 0 Å². The van der Waals surface area contributed by atoms with Crippen molar-refractivity contribution in [3.63, 3.8) is 0 Å². The molecule has 2 aromatic carbocycles. The molecule has 1 amide bonds. The van der Waals surface area contributed by atoms with Crippen LogP contribution in [0.5, 0.6) is 11.5 Å². The lowest BCUT2D eigenvalue weighted by Gasteiger charge is -2.12. The van der Waals surface area contributed by atoms with Crippen molar-refractivity contribution in [3.8, 4) is 11.5 Å². The van der Waals surface area contributed by atoms with Crippen molar-refractivity contribution in [2.24, 2.45) is 0 Å². The molecule has 7 heteroatoms. The minimum atomic E-state index is -0.286. The number of amides is 1. The predicted octanol–water partition coefficient (Wildman–Crippen LogP) is 3.78. The van der Waals surface area contributed by atoms with Gasteiger partial charge in [-0.2, -0.15) is 0 Å². The average molecular weight is 392 g/mol. The van der Waals surface area contributed by atoms with Crippen LogP contribution < -0.4 is 20.1 Å². The quantitative estimate of drug-likeness (QED) is 0.636. The summed E-state index contributed by atoms with van der Waals surface area (Å²) in [5, 5.41) is 6.11. The van der Waals surface area contributed by atoms with Gasteiger partial charge in [0.1, 0.15) is 17.8 Å². The highest BCUT2D eigenvalue weighted by Gasteiger charge is 2.11. The summed E-state index contributed by atoms with van der Waals surface area (Å²) in [5.74, 6) is 1.53. The molecule has 0 saturated heterocycles. The Balaban J connectivity index is 1.69. The van der Waals surface area contributed by atoms with E-state index in [1.807, 2.05) is 44.2 Å². The zero-order chi connectivity index (χ0) is 20.8. The van der Waals surface area contributed by atoms with E-state index >= 15 is 0 Å². The molecule has 0 bridgehead atoms. The van der Waals surface area contributed by atoms with Crippen molar-refractivity contribution in [3.05, 3.63) is 71.2 Å². The molecule has 150 valence electrons. The molecular weight excluding hydrogens is 368 g/mol. The summed E-state index contributed by atoms with van der Waals surface area (Å²) in [6.07, 6.45) is 1.37. The van der Waals surface area contributed by atoms with E-state index in [1.54, 1.807) is 26.4 Å². The Labute approximate surface area is 170 Å². The number of ether oxygens (including phenoxy) is 2. The summed E-state index contributed by atoms with van der Waals surface area (Å²) in [7, 11) is 3.16. The van der Waals surface area contributed by atoms with Gasteiger partial charge < -0.3 is 20.1 Å². The number of benzene rings is 2. The van der Waals surface area contributed by atoms with Gasteiger partial charge in [0.2, 0.25) is 0 Å². The Kier molecular flexibility index (Phi) is 6.29. The minimum Gasteiger partial charge on any atom is -0.493 e. The Morgan fingerprint density at radius 2 is 1.79 bits per heavy atom. The maximum atomic E-state index is 12.5. The summed E-state index contributed by atoms with van der Waals surface area (Å²) in [5.41, 5.74) is 4.43. The first-order valence-corrected chi connectivity index (χ1v) is 9.16. The van der Waals surface area contributed by atoms with E-state index in [-0.39, 0.29) is 11.6 Å². The van der Waals surface area contributed by atoms with Crippen LogP contribution in [0.1, 0.15) is 27.2 Å². The molecule has 1 heterocycles. The number of anilines is 2. The van der Waals surface area contributed by atoms with Gasteiger partial charge in [-0.1, -0.05) is 18.2 Å². The molecule has 0 atom stereocenters. The number of methoxy groups -OCH3 is 2. The summed E-state index contributed by atoms with van der Waals surface area (Å²) in [6.45, 7) is 4.42. The van der Waals surface area contributed by atoms with E-state index in [4.69, 9.17) is 9.47 Å². The van der Waals surface area contributed by atoms with Crippen LogP contribution >= 0.6 is 0 Å². The number of carbonyl (C=O) groups is 1. The Morgan fingerprint density at radius 3 is 2.55 bits per heavy atom. The number of nitrogens with one attached hydrogen (secondary N) is 2. The van der Waals surface area contributed by atoms with E-state index < -0.39 is 0 Å². The Hall–Kier alpha value is -3.61. The molecule has 1 aromatic heterocycles. The molecule has 0 aliphatic carbocycles. The van der Waals surface area contributed by atoms with Crippen LogP contribution in [0.25, 0.3) is 0 Å². The highest BCUT2D eigenvalue weighted by molar-refractivity contribution is 5.93. The molecule has 0 spiro atoms. The second-order valence-electron chi connectivity index (χ2n) is 6.53. The SMILES string of the molecule is COc1ccc(CNC(=O)c2cc(Nc3cccc(C)c3C)ncn2)cc1OC. The number of rotatable bonds is 7. The number of hydrogen-bond acceptors (Lipinski definition) is 6. The number of carbonyl (C=O) groups excluding carboxylic acids is 1. The van der Waals surface area contributed by atoms with E-state index in [9.17, 15) is 4.79 Å². The van der Waals surface area contributed by atoms with Gasteiger partial charge in [0.05, 0.1) is 14.2 Å².